The van der Waals surface area contributed by atoms with Gasteiger partial charge in [0.05, 0.1) is 11.5 Å². The largest absolute Gasteiger partial charge is 0.380 e. The second-order valence-corrected chi connectivity index (χ2v) is 6.56. The van der Waals surface area contributed by atoms with E-state index in [1.807, 2.05) is 0 Å². The predicted octanol–water partition coefficient (Wildman–Crippen LogP) is 2.15. The maximum absolute atomic E-state index is 13.6. The van der Waals surface area contributed by atoms with E-state index in [0.29, 0.717) is 5.56 Å². The van der Waals surface area contributed by atoms with Gasteiger partial charge in [-0.3, -0.25) is 0 Å². The van der Waals surface area contributed by atoms with Gasteiger partial charge in [0.1, 0.15) is 0 Å². The SMILES string of the molecule is COCc1ccccc1S(=O)(=O)NCc1cc(C)cnc1F. The number of rotatable bonds is 6. The summed E-state index contributed by atoms with van der Waals surface area (Å²) < 4.78 is 45.8. The van der Waals surface area contributed by atoms with E-state index in [1.165, 1.54) is 19.4 Å². The van der Waals surface area contributed by atoms with Crippen molar-refractivity contribution in [1.29, 1.82) is 0 Å². The first-order valence-corrected chi connectivity index (χ1v) is 8.10. The van der Waals surface area contributed by atoms with Crippen LogP contribution in [0.3, 0.4) is 0 Å². The molecule has 0 saturated carbocycles. The highest BCUT2D eigenvalue weighted by Gasteiger charge is 2.18. The van der Waals surface area contributed by atoms with Crippen molar-refractivity contribution in [1.82, 2.24) is 9.71 Å². The summed E-state index contributed by atoms with van der Waals surface area (Å²) in [7, 11) is -2.27. The predicted molar refractivity (Wildman–Crippen MR) is 80.1 cm³/mol. The Labute approximate surface area is 129 Å². The Bertz CT molecular complexity index is 763. The standard InChI is InChI=1S/C15H17FN2O3S/c1-11-7-13(15(16)17-8-11)9-18-22(19,20)14-6-4-3-5-12(14)10-21-2/h3-8,18H,9-10H2,1-2H3. The third kappa shape index (κ3) is 3.88. The minimum Gasteiger partial charge on any atom is -0.380 e. The Morgan fingerprint density at radius 2 is 2.00 bits per heavy atom. The highest BCUT2D eigenvalue weighted by Crippen LogP contribution is 2.17. The molecular weight excluding hydrogens is 307 g/mol. The van der Waals surface area contributed by atoms with Gasteiger partial charge in [0.15, 0.2) is 0 Å². The molecular formula is C15H17FN2O3S. The Hall–Kier alpha value is -1.83. The van der Waals surface area contributed by atoms with Crippen LogP contribution >= 0.6 is 0 Å². The van der Waals surface area contributed by atoms with Crippen LogP contribution in [0, 0.1) is 12.9 Å². The van der Waals surface area contributed by atoms with Crippen LogP contribution in [0.1, 0.15) is 16.7 Å². The normalized spacial score (nSPS) is 11.6. The van der Waals surface area contributed by atoms with Crippen LogP contribution in [0.25, 0.3) is 0 Å². The quantitative estimate of drug-likeness (QED) is 0.827. The minimum absolute atomic E-state index is 0.123. The number of benzene rings is 1. The molecule has 0 unspecified atom stereocenters. The van der Waals surface area contributed by atoms with Crippen LogP contribution in [-0.2, 0) is 27.9 Å². The van der Waals surface area contributed by atoms with E-state index < -0.39 is 16.0 Å². The van der Waals surface area contributed by atoms with Gasteiger partial charge in [-0.1, -0.05) is 18.2 Å². The Balaban J connectivity index is 2.23. The molecule has 0 aliphatic carbocycles. The van der Waals surface area contributed by atoms with Crippen molar-refractivity contribution in [2.45, 2.75) is 25.0 Å². The van der Waals surface area contributed by atoms with Gasteiger partial charge in [-0.15, -0.1) is 0 Å². The summed E-state index contributed by atoms with van der Waals surface area (Å²) in [5.41, 5.74) is 1.50. The molecule has 7 heteroatoms. The molecule has 1 aromatic carbocycles. The van der Waals surface area contributed by atoms with Crippen LogP contribution in [-0.4, -0.2) is 20.5 Å². The zero-order valence-corrected chi connectivity index (χ0v) is 13.2. The van der Waals surface area contributed by atoms with Crippen LogP contribution in [0.5, 0.6) is 0 Å². The maximum atomic E-state index is 13.6. The lowest BCUT2D eigenvalue weighted by molar-refractivity contribution is 0.182. The van der Waals surface area contributed by atoms with E-state index in [0.717, 1.165) is 5.56 Å². The number of aromatic nitrogens is 1. The fourth-order valence-electron chi connectivity index (χ4n) is 2.03. The lowest BCUT2D eigenvalue weighted by Crippen LogP contribution is -2.25. The molecule has 2 aromatic rings. The number of halogens is 1. The molecule has 2 rings (SSSR count). The van der Waals surface area contributed by atoms with Crippen LogP contribution in [0.4, 0.5) is 4.39 Å². The number of aryl methyl sites for hydroxylation is 1. The lowest BCUT2D eigenvalue weighted by atomic mass is 10.2. The molecule has 0 spiro atoms. The van der Waals surface area contributed by atoms with Crippen molar-refractivity contribution < 1.29 is 17.5 Å². The Morgan fingerprint density at radius 1 is 1.27 bits per heavy atom. The highest BCUT2D eigenvalue weighted by atomic mass is 32.2. The number of nitrogens with one attached hydrogen (secondary N) is 1. The van der Waals surface area contributed by atoms with E-state index in [-0.39, 0.29) is 23.6 Å². The fraction of sp³-hybridized carbons (Fsp3) is 0.267. The van der Waals surface area contributed by atoms with E-state index >= 15 is 0 Å². The maximum Gasteiger partial charge on any atom is 0.241 e. The number of hydrogen-bond acceptors (Lipinski definition) is 4. The molecule has 5 nitrogen and oxygen atoms in total. The van der Waals surface area contributed by atoms with E-state index in [9.17, 15) is 12.8 Å². The van der Waals surface area contributed by atoms with Gasteiger partial charge >= 0.3 is 0 Å². The molecule has 0 bridgehead atoms. The Morgan fingerprint density at radius 3 is 2.73 bits per heavy atom. The van der Waals surface area contributed by atoms with Gasteiger partial charge in [0.2, 0.25) is 16.0 Å². The topological polar surface area (TPSA) is 68.3 Å². The number of hydrogen-bond donors (Lipinski definition) is 1. The second-order valence-electron chi connectivity index (χ2n) is 4.83. The number of sulfonamides is 1. The van der Waals surface area contributed by atoms with Gasteiger partial charge in [-0.2, -0.15) is 4.39 Å². The first kappa shape index (κ1) is 16.5. The number of ether oxygens (including phenoxy) is 1. The highest BCUT2D eigenvalue weighted by molar-refractivity contribution is 7.89. The summed E-state index contributed by atoms with van der Waals surface area (Å²) >= 11 is 0. The second kappa shape index (κ2) is 6.95. The van der Waals surface area contributed by atoms with Gasteiger partial charge in [0, 0.05) is 25.4 Å². The molecule has 0 radical (unpaired) electrons. The molecule has 1 aromatic heterocycles. The van der Waals surface area contributed by atoms with Crippen molar-refractivity contribution in [3.63, 3.8) is 0 Å². The summed E-state index contributed by atoms with van der Waals surface area (Å²) in [6.45, 7) is 1.78. The fourth-order valence-corrected chi connectivity index (χ4v) is 3.26. The summed E-state index contributed by atoms with van der Waals surface area (Å²) in [6, 6.07) is 8.08. The molecule has 0 saturated heterocycles. The number of nitrogens with zero attached hydrogens (tertiary/aromatic N) is 1. The molecule has 0 atom stereocenters. The number of methoxy groups -OCH3 is 1. The first-order valence-electron chi connectivity index (χ1n) is 6.61. The monoisotopic (exact) mass is 324 g/mol. The average Bonchev–Trinajstić information content (AvgIpc) is 2.49. The van der Waals surface area contributed by atoms with E-state index in [2.05, 4.69) is 9.71 Å². The van der Waals surface area contributed by atoms with Crippen molar-refractivity contribution in [3.05, 3.63) is 59.2 Å². The van der Waals surface area contributed by atoms with Crippen LogP contribution < -0.4 is 4.72 Å². The van der Waals surface area contributed by atoms with Gasteiger partial charge in [-0.25, -0.2) is 18.1 Å². The Kier molecular flexibility index (Phi) is 5.23. The summed E-state index contributed by atoms with van der Waals surface area (Å²) in [4.78, 5) is 3.70. The van der Waals surface area contributed by atoms with Crippen molar-refractivity contribution in [2.75, 3.05) is 7.11 Å². The molecule has 118 valence electrons. The third-order valence-corrected chi connectivity index (χ3v) is 4.56. The van der Waals surface area contributed by atoms with Crippen LogP contribution in [0.2, 0.25) is 0 Å². The van der Waals surface area contributed by atoms with Crippen molar-refractivity contribution in [2.24, 2.45) is 0 Å². The molecule has 0 amide bonds. The zero-order chi connectivity index (χ0) is 16.2. The average molecular weight is 324 g/mol. The van der Waals surface area contributed by atoms with Gasteiger partial charge in [-0.05, 0) is 30.2 Å². The molecule has 22 heavy (non-hydrogen) atoms. The van der Waals surface area contributed by atoms with Crippen molar-refractivity contribution >= 4 is 10.0 Å². The van der Waals surface area contributed by atoms with Gasteiger partial charge in [0.25, 0.3) is 0 Å². The molecule has 0 aliphatic heterocycles. The number of pyridine rings is 1. The molecule has 0 aliphatic rings. The zero-order valence-electron chi connectivity index (χ0n) is 12.3. The minimum atomic E-state index is -3.77. The van der Waals surface area contributed by atoms with E-state index in [1.54, 1.807) is 31.2 Å². The summed E-state index contributed by atoms with van der Waals surface area (Å²) in [5.74, 6) is -0.682. The van der Waals surface area contributed by atoms with Gasteiger partial charge < -0.3 is 4.74 Å². The smallest absolute Gasteiger partial charge is 0.241 e. The molecule has 1 N–H and O–H groups in total. The molecule has 1 heterocycles. The summed E-state index contributed by atoms with van der Waals surface area (Å²) in [5, 5.41) is 0. The van der Waals surface area contributed by atoms with E-state index in [4.69, 9.17) is 4.74 Å². The lowest BCUT2D eigenvalue weighted by Gasteiger charge is -2.11. The summed E-state index contributed by atoms with van der Waals surface area (Å²) in [6.07, 6.45) is 1.39. The van der Waals surface area contributed by atoms with Crippen molar-refractivity contribution in [3.8, 4) is 0 Å². The van der Waals surface area contributed by atoms with Crippen LogP contribution in [0.15, 0.2) is 41.4 Å². The molecule has 0 fully saturated rings. The first-order chi connectivity index (χ1) is 10.4. The third-order valence-electron chi connectivity index (χ3n) is 3.06.